The second-order valence-corrected chi connectivity index (χ2v) is 4.91. The van der Waals surface area contributed by atoms with Crippen molar-refractivity contribution in [3.8, 4) is 0 Å². The summed E-state index contributed by atoms with van der Waals surface area (Å²) in [5.41, 5.74) is 0. The lowest BCUT2D eigenvalue weighted by molar-refractivity contribution is -0.145. The van der Waals surface area contributed by atoms with Crippen molar-refractivity contribution in [2.75, 3.05) is 19.7 Å². The molecule has 2 saturated heterocycles. The summed E-state index contributed by atoms with van der Waals surface area (Å²) in [7, 11) is 0. The van der Waals surface area contributed by atoms with Crippen molar-refractivity contribution in [1.29, 1.82) is 0 Å². The van der Waals surface area contributed by atoms with Crippen molar-refractivity contribution in [2.24, 2.45) is 11.8 Å². The molecule has 2 atom stereocenters. The third kappa shape index (κ3) is 2.60. The smallest absolute Gasteiger partial charge is 0.309 e. The number of amides is 1. The normalized spacial score (nSPS) is 30.5. The number of aliphatic carboxylic acids is 1. The first kappa shape index (κ1) is 12.4. The predicted octanol–water partition coefficient (Wildman–Crippen LogP) is 0.735. The number of carboxylic acid groups (broad SMARTS) is 1. The highest BCUT2D eigenvalue weighted by molar-refractivity contribution is 5.73. The van der Waals surface area contributed by atoms with Crippen molar-refractivity contribution < 1.29 is 19.4 Å². The van der Waals surface area contributed by atoms with Crippen LogP contribution in [-0.2, 0) is 14.3 Å². The van der Waals surface area contributed by atoms with E-state index < -0.39 is 5.97 Å². The van der Waals surface area contributed by atoms with E-state index in [9.17, 15) is 9.59 Å². The SMILES string of the molecule is CC(=O)N1CCC([C@@H]2OCC[C@H]2C(=O)O)CC1. The van der Waals surface area contributed by atoms with Gasteiger partial charge in [-0.1, -0.05) is 0 Å². The molecule has 1 N–H and O–H groups in total. The summed E-state index contributed by atoms with van der Waals surface area (Å²) in [6, 6.07) is 0. The maximum absolute atomic E-state index is 11.2. The summed E-state index contributed by atoms with van der Waals surface area (Å²) in [6.07, 6.45) is 2.18. The molecule has 0 aromatic heterocycles. The molecule has 0 saturated carbocycles. The molecule has 5 nitrogen and oxygen atoms in total. The van der Waals surface area contributed by atoms with Crippen molar-refractivity contribution in [3.05, 3.63) is 0 Å². The quantitative estimate of drug-likeness (QED) is 0.774. The maximum atomic E-state index is 11.2. The van der Waals surface area contributed by atoms with Gasteiger partial charge < -0.3 is 14.7 Å². The number of piperidine rings is 1. The van der Waals surface area contributed by atoms with E-state index >= 15 is 0 Å². The van der Waals surface area contributed by atoms with Gasteiger partial charge in [0, 0.05) is 26.6 Å². The lowest BCUT2D eigenvalue weighted by Gasteiger charge is -2.35. The van der Waals surface area contributed by atoms with Crippen molar-refractivity contribution >= 4 is 11.9 Å². The molecule has 2 heterocycles. The zero-order valence-corrected chi connectivity index (χ0v) is 10.1. The summed E-state index contributed by atoms with van der Waals surface area (Å²) in [5.74, 6) is -0.717. The summed E-state index contributed by atoms with van der Waals surface area (Å²) in [6.45, 7) is 3.58. The zero-order chi connectivity index (χ0) is 12.4. The molecular weight excluding hydrogens is 222 g/mol. The lowest BCUT2D eigenvalue weighted by atomic mass is 9.84. The van der Waals surface area contributed by atoms with Gasteiger partial charge in [0.25, 0.3) is 0 Å². The molecule has 0 aliphatic carbocycles. The predicted molar refractivity (Wildman–Crippen MR) is 60.5 cm³/mol. The first-order valence-corrected chi connectivity index (χ1v) is 6.19. The number of carboxylic acids is 1. The summed E-state index contributed by atoms with van der Waals surface area (Å²) < 4.78 is 5.58. The standard InChI is InChI=1S/C12H19NO4/c1-8(14)13-5-2-9(3-6-13)11-10(12(15)16)4-7-17-11/h9-11H,2-7H2,1H3,(H,15,16)/t10-,11+/m1/s1. The largest absolute Gasteiger partial charge is 0.481 e. The molecule has 1 amide bonds. The Kier molecular flexibility index (Phi) is 3.66. The van der Waals surface area contributed by atoms with Gasteiger partial charge >= 0.3 is 5.97 Å². The first-order valence-electron chi connectivity index (χ1n) is 6.19. The lowest BCUT2D eigenvalue weighted by Crippen LogP contribution is -2.42. The van der Waals surface area contributed by atoms with Crippen LogP contribution in [0.25, 0.3) is 0 Å². The summed E-state index contributed by atoms with van der Waals surface area (Å²) in [5, 5.41) is 9.11. The summed E-state index contributed by atoms with van der Waals surface area (Å²) >= 11 is 0. The zero-order valence-electron chi connectivity index (χ0n) is 10.1. The van der Waals surface area contributed by atoms with Gasteiger partial charge in [-0.25, -0.2) is 0 Å². The van der Waals surface area contributed by atoms with Gasteiger partial charge in [-0.2, -0.15) is 0 Å². The van der Waals surface area contributed by atoms with Crippen LogP contribution in [0.15, 0.2) is 0 Å². The van der Waals surface area contributed by atoms with Crippen LogP contribution in [0.1, 0.15) is 26.2 Å². The third-order valence-corrected chi connectivity index (χ3v) is 3.90. The number of rotatable bonds is 2. The van der Waals surface area contributed by atoms with Gasteiger partial charge in [0.1, 0.15) is 0 Å². The molecule has 2 fully saturated rings. The molecule has 0 aromatic rings. The highest BCUT2D eigenvalue weighted by Gasteiger charge is 2.40. The minimum atomic E-state index is -0.749. The van der Waals surface area contributed by atoms with E-state index in [0.717, 1.165) is 25.9 Å². The van der Waals surface area contributed by atoms with Crippen LogP contribution in [0, 0.1) is 11.8 Å². The van der Waals surface area contributed by atoms with Gasteiger partial charge in [0.2, 0.25) is 5.91 Å². The van der Waals surface area contributed by atoms with Crippen LogP contribution in [0.5, 0.6) is 0 Å². The van der Waals surface area contributed by atoms with Crippen LogP contribution >= 0.6 is 0 Å². The van der Waals surface area contributed by atoms with Crippen molar-refractivity contribution in [2.45, 2.75) is 32.3 Å². The second-order valence-electron chi connectivity index (χ2n) is 4.91. The van der Waals surface area contributed by atoms with Gasteiger partial charge in [0.15, 0.2) is 0 Å². The molecule has 0 aromatic carbocycles. The number of hydrogen-bond donors (Lipinski definition) is 1. The Hall–Kier alpha value is -1.10. The van der Waals surface area contributed by atoms with E-state index in [1.165, 1.54) is 0 Å². The third-order valence-electron chi connectivity index (χ3n) is 3.90. The van der Waals surface area contributed by atoms with E-state index in [2.05, 4.69) is 0 Å². The van der Waals surface area contributed by atoms with E-state index in [1.807, 2.05) is 4.90 Å². The minimum absolute atomic E-state index is 0.102. The molecule has 2 aliphatic rings. The number of likely N-dealkylation sites (tertiary alicyclic amines) is 1. The van der Waals surface area contributed by atoms with Crippen molar-refractivity contribution in [1.82, 2.24) is 4.90 Å². The van der Waals surface area contributed by atoms with Crippen LogP contribution in [0.3, 0.4) is 0 Å². The highest BCUT2D eigenvalue weighted by atomic mass is 16.5. The number of carbonyl (C=O) groups is 2. The number of nitrogens with zero attached hydrogens (tertiary/aromatic N) is 1. The Labute approximate surface area is 101 Å². The Balaban J connectivity index is 1.92. The van der Waals surface area contributed by atoms with Crippen LogP contribution in [0.4, 0.5) is 0 Å². The number of hydrogen-bond acceptors (Lipinski definition) is 3. The highest BCUT2D eigenvalue weighted by Crippen LogP contribution is 2.33. The Bertz CT molecular complexity index is 310. The fourth-order valence-electron chi connectivity index (χ4n) is 2.88. The molecular formula is C12H19NO4. The van der Waals surface area contributed by atoms with Crippen LogP contribution in [0.2, 0.25) is 0 Å². The molecule has 0 spiro atoms. The monoisotopic (exact) mass is 241 g/mol. The van der Waals surface area contributed by atoms with Crippen LogP contribution in [-0.4, -0.2) is 47.7 Å². The molecule has 96 valence electrons. The van der Waals surface area contributed by atoms with Crippen LogP contribution < -0.4 is 0 Å². The maximum Gasteiger partial charge on any atom is 0.309 e. The Morgan fingerprint density at radius 1 is 1.24 bits per heavy atom. The first-order chi connectivity index (χ1) is 8.09. The van der Waals surface area contributed by atoms with Gasteiger partial charge in [0.05, 0.1) is 12.0 Å². The average Bonchev–Trinajstić information content (AvgIpc) is 2.78. The van der Waals surface area contributed by atoms with Gasteiger partial charge in [-0.3, -0.25) is 9.59 Å². The minimum Gasteiger partial charge on any atom is -0.481 e. The molecule has 0 bridgehead atoms. The Morgan fingerprint density at radius 2 is 1.88 bits per heavy atom. The average molecular weight is 241 g/mol. The molecule has 5 heteroatoms. The topological polar surface area (TPSA) is 66.8 Å². The molecule has 2 aliphatic heterocycles. The fraction of sp³-hybridized carbons (Fsp3) is 0.833. The van der Waals surface area contributed by atoms with E-state index in [4.69, 9.17) is 9.84 Å². The summed E-state index contributed by atoms with van der Waals surface area (Å²) in [4.78, 5) is 24.1. The number of ether oxygens (including phenoxy) is 1. The van der Waals surface area contributed by atoms with E-state index in [0.29, 0.717) is 13.0 Å². The van der Waals surface area contributed by atoms with Gasteiger partial charge in [-0.05, 0) is 25.2 Å². The van der Waals surface area contributed by atoms with Crippen molar-refractivity contribution in [3.63, 3.8) is 0 Å². The molecule has 0 radical (unpaired) electrons. The van der Waals surface area contributed by atoms with E-state index in [1.54, 1.807) is 6.92 Å². The second kappa shape index (κ2) is 5.04. The molecule has 17 heavy (non-hydrogen) atoms. The fourth-order valence-corrected chi connectivity index (χ4v) is 2.88. The van der Waals surface area contributed by atoms with E-state index in [-0.39, 0.29) is 23.8 Å². The Morgan fingerprint density at radius 3 is 2.41 bits per heavy atom. The number of carbonyl (C=O) groups excluding carboxylic acids is 1. The van der Waals surface area contributed by atoms with Gasteiger partial charge in [-0.15, -0.1) is 0 Å². The molecule has 0 unspecified atom stereocenters. The molecule has 2 rings (SSSR count).